The van der Waals surface area contributed by atoms with Crippen molar-refractivity contribution in [2.75, 3.05) is 0 Å². The first-order valence-corrected chi connectivity index (χ1v) is 0.612. The molecule has 0 fully saturated rings. The van der Waals surface area contributed by atoms with Gasteiger partial charge in [-0.25, -0.2) is 0 Å². The van der Waals surface area contributed by atoms with E-state index in [1.807, 2.05) is 0 Å². The predicted molar refractivity (Wildman–Crippen MR) is 18.8 cm³/mol. The van der Waals surface area contributed by atoms with Crippen LogP contribution in [0.15, 0.2) is 0 Å². The van der Waals surface area contributed by atoms with Gasteiger partial charge in [-0.3, -0.25) is 0 Å². The summed E-state index contributed by atoms with van der Waals surface area (Å²) in [7, 11) is 0. The molecular formula is CHAlMgO4-. The Morgan fingerprint density at radius 1 is 1.29 bits per heavy atom. The third-order valence-corrected chi connectivity index (χ3v) is 0. The minimum absolute atomic E-state index is 0. The van der Waals surface area contributed by atoms with Gasteiger partial charge in [-0.1, -0.05) is 0 Å². The van der Waals surface area contributed by atoms with Crippen LogP contribution in [0.25, 0.3) is 0 Å². The standard InChI is InChI=1S/CH2O3.Al.Mg.H2O/c2-1(3)4;;;/h(H2,2,3,4);;;1H2/q;;+2;/p-3. The van der Waals surface area contributed by atoms with Crippen LogP contribution >= 0.6 is 0 Å². The van der Waals surface area contributed by atoms with Crippen LogP contribution in [0.4, 0.5) is 4.79 Å². The van der Waals surface area contributed by atoms with Crippen LogP contribution in [0.2, 0.25) is 0 Å². The molecule has 0 atom stereocenters. The largest absolute Gasteiger partial charge is 2.00 e. The SMILES string of the molecule is O=C([O-])[O-].[Al].[Mg+2].[OH-]. The Morgan fingerprint density at radius 3 is 1.29 bits per heavy atom. The molecule has 0 saturated heterocycles. The van der Waals surface area contributed by atoms with Crippen LogP contribution in [-0.2, 0) is 0 Å². The molecule has 0 saturated carbocycles. The second kappa shape index (κ2) is 16.0. The summed E-state index contributed by atoms with van der Waals surface area (Å²) in [6, 6.07) is 0. The van der Waals surface area contributed by atoms with Gasteiger partial charge in [0.15, 0.2) is 0 Å². The zero-order chi connectivity index (χ0) is 3.58. The fourth-order valence-corrected chi connectivity index (χ4v) is 0. The number of rotatable bonds is 0. The summed E-state index contributed by atoms with van der Waals surface area (Å²) in [5.74, 6) is 0. The van der Waals surface area contributed by atoms with Crippen molar-refractivity contribution in [3.63, 3.8) is 0 Å². The average molecular weight is 128 g/mol. The van der Waals surface area contributed by atoms with Gasteiger partial charge >= 0.3 is 23.1 Å². The third kappa shape index (κ3) is 479. The molecule has 0 bridgehead atoms. The Morgan fingerprint density at radius 2 is 1.29 bits per heavy atom. The maximum Gasteiger partial charge on any atom is 2.00 e. The van der Waals surface area contributed by atoms with Gasteiger partial charge in [0, 0.05) is 17.4 Å². The molecule has 6 heteroatoms. The number of hydrogen-bond acceptors (Lipinski definition) is 4. The Balaban J connectivity index is -0.0000000150. The normalized spacial score (nSPS) is 3.43. The number of carbonyl (C=O) groups excluding carboxylic acids is 1. The first kappa shape index (κ1) is 25.8. The van der Waals surface area contributed by atoms with E-state index in [-0.39, 0.29) is 45.9 Å². The molecule has 0 aromatic rings. The van der Waals surface area contributed by atoms with Crippen LogP contribution in [0.5, 0.6) is 0 Å². The Bertz CT molecular complexity index is 34.7. The van der Waals surface area contributed by atoms with Crippen LogP contribution in [0.1, 0.15) is 0 Å². The maximum atomic E-state index is 8.33. The second-order valence-corrected chi connectivity index (χ2v) is 0.250. The molecule has 0 aliphatic carbocycles. The average Bonchev–Trinajstić information content (AvgIpc) is 0.811. The van der Waals surface area contributed by atoms with Gasteiger partial charge in [-0.2, -0.15) is 0 Å². The molecule has 1 N–H and O–H groups in total. The first-order chi connectivity index (χ1) is 1.73. The molecule has 4 nitrogen and oxygen atoms in total. The fourth-order valence-electron chi connectivity index (χ4n) is 0. The van der Waals surface area contributed by atoms with Crippen molar-refractivity contribution >= 4 is 46.6 Å². The van der Waals surface area contributed by atoms with Crippen LogP contribution < -0.4 is 10.2 Å². The topological polar surface area (TPSA) is 93.2 Å². The van der Waals surface area contributed by atoms with Crippen LogP contribution in [-0.4, -0.2) is 52.0 Å². The molecule has 0 unspecified atom stereocenters. The van der Waals surface area contributed by atoms with E-state index in [2.05, 4.69) is 0 Å². The second-order valence-electron chi connectivity index (χ2n) is 0.250. The summed E-state index contributed by atoms with van der Waals surface area (Å²) in [5.41, 5.74) is 0. The summed E-state index contributed by atoms with van der Waals surface area (Å²) >= 11 is 0. The molecule has 0 aromatic carbocycles. The molecule has 7 heavy (non-hydrogen) atoms. The summed E-state index contributed by atoms with van der Waals surface area (Å²) in [6.45, 7) is 0. The fraction of sp³-hybridized carbons (Fsp3) is 0. The van der Waals surface area contributed by atoms with Crippen molar-refractivity contribution in [3.8, 4) is 0 Å². The zero-order valence-electron chi connectivity index (χ0n) is 3.46. The van der Waals surface area contributed by atoms with E-state index < -0.39 is 6.16 Å². The van der Waals surface area contributed by atoms with E-state index in [1.54, 1.807) is 0 Å². The molecule has 0 spiro atoms. The van der Waals surface area contributed by atoms with Gasteiger partial charge in [0.25, 0.3) is 0 Å². The van der Waals surface area contributed by atoms with E-state index >= 15 is 0 Å². The molecule has 0 aliphatic heterocycles. The van der Waals surface area contributed by atoms with Gasteiger partial charge in [-0.15, -0.1) is 0 Å². The van der Waals surface area contributed by atoms with Crippen molar-refractivity contribution in [2.24, 2.45) is 0 Å². The molecule has 3 radical (unpaired) electrons. The van der Waals surface area contributed by atoms with Crippen LogP contribution in [0.3, 0.4) is 0 Å². The zero-order valence-corrected chi connectivity index (χ0v) is 6.03. The Hall–Kier alpha value is 0.529. The van der Waals surface area contributed by atoms with Gasteiger partial charge in [0.1, 0.15) is 0 Å². The first-order valence-electron chi connectivity index (χ1n) is 0.612. The minimum Gasteiger partial charge on any atom is -0.870 e. The number of carbonyl (C=O) groups is 1. The summed E-state index contributed by atoms with van der Waals surface area (Å²) in [6.07, 6.45) is -2.33. The summed E-state index contributed by atoms with van der Waals surface area (Å²) in [4.78, 5) is 8.33. The molecule has 0 aliphatic rings. The molecule has 0 aromatic heterocycles. The quantitative estimate of drug-likeness (QED) is 0.318. The number of carboxylic acid groups (broad SMARTS) is 2. The van der Waals surface area contributed by atoms with Crippen LogP contribution in [0, 0.1) is 0 Å². The number of hydrogen-bond donors (Lipinski definition) is 0. The molecular weight excluding hydrogens is 127 g/mol. The van der Waals surface area contributed by atoms with Crippen molar-refractivity contribution in [2.45, 2.75) is 0 Å². The Labute approximate surface area is 67.1 Å². The Kier molecular flexibility index (Phi) is 59.0. The van der Waals surface area contributed by atoms with Crippen molar-refractivity contribution in [3.05, 3.63) is 0 Å². The maximum absolute atomic E-state index is 8.33. The van der Waals surface area contributed by atoms with Gasteiger partial charge < -0.3 is 20.5 Å². The molecule has 0 heterocycles. The van der Waals surface area contributed by atoms with E-state index in [9.17, 15) is 0 Å². The van der Waals surface area contributed by atoms with E-state index in [1.165, 1.54) is 0 Å². The molecule has 35 valence electrons. The van der Waals surface area contributed by atoms with Crippen molar-refractivity contribution < 1.29 is 20.5 Å². The molecule has 0 rings (SSSR count). The van der Waals surface area contributed by atoms with E-state index in [0.717, 1.165) is 0 Å². The van der Waals surface area contributed by atoms with E-state index in [0.29, 0.717) is 0 Å². The third-order valence-electron chi connectivity index (χ3n) is 0. The summed E-state index contributed by atoms with van der Waals surface area (Å²) < 4.78 is 0. The van der Waals surface area contributed by atoms with Crippen molar-refractivity contribution in [1.82, 2.24) is 0 Å². The summed E-state index contributed by atoms with van der Waals surface area (Å²) in [5, 5.41) is 16.7. The van der Waals surface area contributed by atoms with Gasteiger partial charge in [0.2, 0.25) is 0 Å². The minimum atomic E-state index is -2.33. The monoisotopic (exact) mass is 128 g/mol. The van der Waals surface area contributed by atoms with E-state index in [4.69, 9.17) is 15.0 Å². The van der Waals surface area contributed by atoms with Gasteiger partial charge in [-0.05, 0) is 6.16 Å². The predicted octanol–water partition coefficient (Wildman–Crippen LogP) is -3.39. The smallest absolute Gasteiger partial charge is 0.870 e. The van der Waals surface area contributed by atoms with Crippen molar-refractivity contribution in [1.29, 1.82) is 0 Å². The molecule has 0 amide bonds. The van der Waals surface area contributed by atoms with Gasteiger partial charge in [0.05, 0.1) is 0 Å².